The van der Waals surface area contributed by atoms with Gasteiger partial charge in [-0.2, -0.15) is 0 Å². The number of hydrogen-bond acceptors (Lipinski definition) is 5. The maximum atomic E-state index is 6.23. The van der Waals surface area contributed by atoms with Crippen LogP contribution >= 0.6 is 11.6 Å². The van der Waals surface area contributed by atoms with Crippen molar-refractivity contribution in [1.29, 1.82) is 0 Å². The number of anilines is 2. The molecule has 28 heavy (non-hydrogen) atoms. The average molecular weight is 394 g/mol. The molecule has 3 aromatic rings. The van der Waals surface area contributed by atoms with Crippen LogP contribution in [0.2, 0.25) is 5.02 Å². The van der Waals surface area contributed by atoms with E-state index in [0.717, 1.165) is 54.9 Å². The predicted octanol–water partition coefficient (Wildman–Crippen LogP) is 4.06. The van der Waals surface area contributed by atoms with Gasteiger partial charge in [0.1, 0.15) is 18.0 Å². The van der Waals surface area contributed by atoms with Gasteiger partial charge in [0.15, 0.2) is 0 Å². The van der Waals surface area contributed by atoms with E-state index in [1.165, 1.54) is 5.56 Å². The van der Waals surface area contributed by atoms with Gasteiger partial charge in [-0.1, -0.05) is 60.1 Å². The Morgan fingerprint density at radius 1 is 0.893 bits per heavy atom. The third kappa shape index (κ3) is 4.80. The quantitative estimate of drug-likeness (QED) is 0.684. The maximum absolute atomic E-state index is 6.23. The lowest BCUT2D eigenvalue weighted by molar-refractivity contribution is 0.249. The molecule has 5 nitrogen and oxygen atoms in total. The van der Waals surface area contributed by atoms with Gasteiger partial charge in [0.25, 0.3) is 0 Å². The molecule has 2 aromatic carbocycles. The lowest BCUT2D eigenvalue weighted by Crippen LogP contribution is -2.46. The molecule has 6 heteroatoms. The first-order valence-electron chi connectivity index (χ1n) is 9.58. The van der Waals surface area contributed by atoms with Crippen LogP contribution in [0.4, 0.5) is 11.6 Å². The molecule has 0 amide bonds. The highest BCUT2D eigenvalue weighted by atomic mass is 35.5. The summed E-state index contributed by atoms with van der Waals surface area (Å²) in [6, 6.07) is 20.5. The fourth-order valence-corrected chi connectivity index (χ4v) is 3.62. The third-order valence-corrected chi connectivity index (χ3v) is 5.38. The van der Waals surface area contributed by atoms with Gasteiger partial charge in [-0.3, -0.25) is 4.90 Å². The van der Waals surface area contributed by atoms with Crippen molar-refractivity contribution in [1.82, 2.24) is 14.9 Å². The van der Waals surface area contributed by atoms with Crippen molar-refractivity contribution in [3.8, 4) is 0 Å². The highest BCUT2D eigenvalue weighted by molar-refractivity contribution is 6.31. The number of benzene rings is 2. The Bertz CT molecular complexity index is 894. The van der Waals surface area contributed by atoms with Crippen LogP contribution in [-0.2, 0) is 13.1 Å². The molecule has 1 fully saturated rings. The second-order valence-electron chi connectivity index (χ2n) is 6.96. The Morgan fingerprint density at radius 2 is 1.64 bits per heavy atom. The van der Waals surface area contributed by atoms with Crippen molar-refractivity contribution >= 4 is 23.2 Å². The monoisotopic (exact) mass is 393 g/mol. The molecule has 1 aromatic heterocycles. The smallest absolute Gasteiger partial charge is 0.134 e. The molecule has 1 aliphatic rings. The number of hydrogen-bond donors (Lipinski definition) is 1. The number of piperazine rings is 1. The van der Waals surface area contributed by atoms with Crippen molar-refractivity contribution in [3.63, 3.8) is 0 Å². The Kier molecular flexibility index (Phi) is 6.04. The summed E-state index contributed by atoms with van der Waals surface area (Å²) in [4.78, 5) is 13.6. The summed E-state index contributed by atoms with van der Waals surface area (Å²) in [6.45, 7) is 5.63. The number of nitrogens with zero attached hydrogens (tertiary/aromatic N) is 4. The lowest BCUT2D eigenvalue weighted by Gasteiger charge is -2.35. The largest absolute Gasteiger partial charge is 0.366 e. The zero-order chi connectivity index (χ0) is 19.2. The van der Waals surface area contributed by atoms with Crippen LogP contribution in [0.15, 0.2) is 67.0 Å². The highest BCUT2D eigenvalue weighted by Crippen LogP contribution is 2.19. The summed E-state index contributed by atoms with van der Waals surface area (Å²) in [7, 11) is 0. The van der Waals surface area contributed by atoms with Gasteiger partial charge in [-0.25, -0.2) is 9.97 Å². The van der Waals surface area contributed by atoms with E-state index in [0.29, 0.717) is 6.54 Å². The van der Waals surface area contributed by atoms with Gasteiger partial charge in [0.2, 0.25) is 0 Å². The molecule has 0 aliphatic carbocycles. The molecule has 1 aliphatic heterocycles. The molecule has 0 radical (unpaired) electrons. The minimum absolute atomic E-state index is 0.640. The second-order valence-corrected chi connectivity index (χ2v) is 7.36. The zero-order valence-electron chi connectivity index (χ0n) is 15.8. The summed E-state index contributed by atoms with van der Waals surface area (Å²) in [5.74, 6) is 1.78. The molecule has 2 heterocycles. The molecule has 0 saturated carbocycles. The van der Waals surface area contributed by atoms with Crippen LogP contribution in [0.25, 0.3) is 0 Å². The van der Waals surface area contributed by atoms with Crippen LogP contribution in [0.3, 0.4) is 0 Å². The minimum atomic E-state index is 0.640. The summed E-state index contributed by atoms with van der Waals surface area (Å²) in [6.07, 6.45) is 1.63. The summed E-state index contributed by atoms with van der Waals surface area (Å²) in [5.41, 5.74) is 2.42. The van der Waals surface area contributed by atoms with E-state index in [9.17, 15) is 0 Å². The van der Waals surface area contributed by atoms with Gasteiger partial charge in [0.05, 0.1) is 0 Å². The van der Waals surface area contributed by atoms with Crippen molar-refractivity contribution in [2.75, 3.05) is 36.4 Å². The fourth-order valence-electron chi connectivity index (χ4n) is 3.42. The second kappa shape index (κ2) is 9.04. The van der Waals surface area contributed by atoms with Gasteiger partial charge >= 0.3 is 0 Å². The van der Waals surface area contributed by atoms with Gasteiger partial charge in [0, 0.05) is 50.4 Å². The Hall–Kier alpha value is -2.63. The molecular formula is C22H24ClN5. The minimum Gasteiger partial charge on any atom is -0.366 e. The third-order valence-electron chi connectivity index (χ3n) is 5.02. The number of rotatable bonds is 6. The summed E-state index contributed by atoms with van der Waals surface area (Å²) in [5, 5.41) is 4.11. The van der Waals surface area contributed by atoms with Crippen molar-refractivity contribution < 1.29 is 0 Å². The molecule has 4 rings (SSSR count). The van der Waals surface area contributed by atoms with Crippen molar-refractivity contribution in [3.05, 3.63) is 83.1 Å². The molecule has 0 atom stereocenters. The predicted molar refractivity (Wildman–Crippen MR) is 115 cm³/mol. The van der Waals surface area contributed by atoms with Crippen LogP contribution in [-0.4, -0.2) is 41.0 Å². The first kappa shape index (κ1) is 18.7. The van der Waals surface area contributed by atoms with E-state index in [1.807, 2.05) is 30.3 Å². The molecule has 1 N–H and O–H groups in total. The number of nitrogens with one attached hydrogen (secondary N) is 1. The molecular weight excluding hydrogens is 370 g/mol. The molecule has 144 valence electrons. The Morgan fingerprint density at radius 3 is 2.43 bits per heavy atom. The van der Waals surface area contributed by atoms with E-state index >= 15 is 0 Å². The molecule has 0 spiro atoms. The van der Waals surface area contributed by atoms with E-state index < -0.39 is 0 Å². The SMILES string of the molecule is Clc1ccccc1CNc1cc(N2CCN(Cc3ccccc3)CC2)ncn1. The first-order valence-corrected chi connectivity index (χ1v) is 9.96. The van der Waals surface area contributed by atoms with E-state index in [1.54, 1.807) is 6.33 Å². The molecule has 0 bridgehead atoms. The summed E-state index contributed by atoms with van der Waals surface area (Å²) < 4.78 is 0. The van der Waals surface area contributed by atoms with Gasteiger partial charge in [-0.05, 0) is 17.2 Å². The van der Waals surface area contributed by atoms with Crippen LogP contribution in [0.5, 0.6) is 0 Å². The normalized spacial score (nSPS) is 14.8. The Balaban J connectivity index is 1.33. The number of halogens is 1. The Labute approximate surface area is 171 Å². The van der Waals surface area contributed by atoms with Crippen LogP contribution in [0, 0.1) is 0 Å². The molecule has 0 unspecified atom stereocenters. The number of aromatic nitrogens is 2. The first-order chi connectivity index (χ1) is 13.8. The van der Waals surface area contributed by atoms with Gasteiger partial charge in [-0.15, -0.1) is 0 Å². The van der Waals surface area contributed by atoms with E-state index in [2.05, 4.69) is 55.4 Å². The van der Waals surface area contributed by atoms with Crippen LogP contribution < -0.4 is 10.2 Å². The topological polar surface area (TPSA) is 44.3 Å². The lowest BCUT2D eigenvalue weighted by atomic mass is 10.2. The maximum Gasteiger partial charge on any atom is 0.134 e. The van der Waals surface area contributed by atoms with E-state index in [4.69, 9.17) is 11.6 Å². The fraction of sp³-hybridized carbons (Fsp3) is 0.273. The van der Waals surface area contributed by atoms with E-state index in [-0.39, 0.29) is 0 Å². The standard InChI is InChI=1S/C22H24ClN5/c23-20-9-5-4-8-19(20)15-24-21-14-22(26-17-25-21)28-12-10-27(11-13-28)16-18-6-2-1-3-7-18/h1-9,14,17H,10-13,15-16H2,(H,24,25,26). The molecule has 1 saturated heterocycles. The zero-order valence-corrected chi connectivity index (χ0v) is 16.5. The average Bonchev–Trinajstić information content (AvgIpc) is 2.75. The van der Waals surface area contributed by atoms with Crippen molar-refractivity contribution in [2.45, 2.75) is 13.1 Å². The highest BCUT2D eigenvalue weighted by Gasteiger charge is 2.18. The van der Waals surface area contributed by atoms with Crippen LogP contribution in [0.1, 0.15) is 11.1 Å². The summed E-state index contributed by atoms with van der Waals surface area (Å²) >= 11 is 6.23. The van der Waals surface area contributed by atoms with Gasteiger partial charge < -0.3 is 10.2 Å². The van der Waals surface area contributed by atoms with Crippen molar-refractivity contribution in [2.24, 2.45) is 0 Å².